The molecule has 0 spiro atoms. The van der Waals surface area contributed by atoms with Gasteiger partial charge in [0.25, 0.3) is 0 Å². The molecule has 0 unspecified atom stereocenters. The fourth-order valence-corrected chi connectivity index (χ4v) is 3.09. The van der Waals surface area contributed by atoms with Gasteiger partial charge in [-0.25, -0.2) is 9.79 Å². The van der Waals surface area contributed by atoms with Crippen LogP contribution < -0.4 is 0 Å². The van der Waals surface area contributed by atoms with Crippen LogP contribution in [0.2, 0.25) is 0 Å². The minimum absolute atomic E-state index is 0.223. The maximum atomic E-state index is 12.1. The highest BCUT2D eigenvalue weighted by Crippen LogP contribution is 2.29. The van der Waals surface area contributed by atoms with Crippen molar-refractivity contribution in [1.29, 1.82) is 0 Å². The number of ether oxygens (including phenoxy) is 1. The number of carbonyl (C=O) groups excluding carboxylic acids is 1. The van der Waals surface area contributed by atoms with E-state index >= 15 is 0 Å². The zero-order chi connectivity index (χ0) is 16.5. The summed E-state index contributed by atoms with van der Waals surface area (Å²) in [5, 5.41) is 6.03. The first-order valence-electron chi connectivity index (χ1n) is 7.30. The second-order valence-electron chi connectivity index (χ2n) is 5.18. The van der Waals surface area contributed by atoms with Crippen molar-refractivity contribution in [2.75, 3.05) is 0 Å². The van der Waals surface area contributed by atoms with Crippen molar-refractivity contribution in [3.8, 4) is 11.3 Å². The first kappa shape index (κ1) is 14.6. The Labute approximate surface area is 141 Å². The lowest BCUT2D eigenvalue weighted by Crippen LogP contribution is -2.07. The van der Waals surface area contributed by atoms with Crippen molar-refractivity contribution in [3.05, 3.63) is 69.7 Å². The van der Waals surface area contributed by atoms with E-state index in [1.165, 1.54) is 11.3 Å². The third-order valence-electron chi connectivity index (χ3n) is 3.57. The van der Waals surface area contributed by atoms with Gasteiger partial charge in [-0.05, 0) is 24.4 Å². The number of esters is 1. The van der Waals surface area contributed by atoms with Crippen LogP contribution in [-0.2, 0) is 9.53 Å². The van der Waals surface area contributed by atoms with E-state index in [9.17, 15) is 4.79 Å². The standard InChI is InChI=1S/C18H12N2O3S/c1-11-15(16(20-23-11)12-6-3-2-4-7-12)17-19-14(18(21)22-17)10-13-8-5-9-24-13/h2-10H,1H3. The summed E-state index contributed by atoms with van der Waals surface area (Å²) in [5.74, 6) is 0.302. The Balaban J connectivity index is 1.78. The van der Waals surface area contributed by atoms with Gasteiger partial charge in [-0.2, -0.15) is 0 Å². The fourth-order valence-electron chi connectivity index (χ4n) is 2.44. The Morgan fingerprint density at radius 1 is 1.12 bits per heavy atom. The van der Waals surface area contributed by atoms with Gasteiger partial charge in [-0.3, -0.25) is 0 Å². The van der Waals surface area contributed by atoms with Crippen LogP contribution in [0.25, 0.3) is 17.3 Å². The first-order valence-corrected chi connectivity index (χ1v) is 8.18. The van der Waals surface area contributed by atoms with Crippen LogP contribution in [0.3, 0.4) is 0 Å². The van der Waals surface area contributed by atoms with Gasteiger partial charge < -0.3 is 9.26 Å². The molecule has 5 nitrogen and oxygen atoms in total. The maximum absolute atomic E-state index is 12.1. The monoisotopic (exact) mass is 336 g/mol. The van der Waals surface area contributed by atoms with E-state index in [1.807, 2.05) is 47.8 Å². The van der Waals surface area contributed by atoms with Crippen LogP contribution in [0, 0.1) is 6.92 Å². The molecule has 1 aliphatic heterocycles. The fraction of sp³-hybridized carbons (Fsp3) is 0.0556. The Morgan fingerprint density at radius 2 is 1.96 bits per heavy atom. The number of carbonyl (C=O) groups is 1. The summed E-state index contributed by atoms with van der Waals surface area (Å²) < 4.78 is 10.7. The molecule has 24 heavy (non-hydrogen) atoms. The average molecular weight is 336 g/mol. The predicted octanol–water partition coefficient (Wildman–Crippen LogP) is 4.06. The Morgan fingerprint density at radius 3 is 2.71 bits per heavy atom. The quantitative estimate of drug-likeness (QED) is 0.534. The predicted molar refractivity (Wildman–Crippen MR) is 91.6 cm³/mol. The number of nitrogens with zero attached hydrogens (tertiary/aromatic N) is 2. The van der Waals surface area contributed by atoms with Crippen LogP contribution in [0.1, 0.15) is 16.2 Å². The summed E-state index contributed by atoms with van der Waals surface area (Å²) in [6.45, 7) is 1.77. The van der Waals surface area contributed by atoms with Crippen molar-refractivity contribution < 1.29 is 14.1 Å². The van der Waals surface area contributed by atoms with E-state index in [1.54, 1.807) is 13.0 Å². The molecule has 0 radical (unpaired) electrons. The molecule has 4 rings (SSSR count). The van der Waals surface area contributed by atoms with E-state index in [4.69, 9.17) is 9.26 Å². The zero-order valence-corrected chi connectivity index (χ0v) is 13.5. The molecule has 0 fully saturated rings. The minimum atomic E-state index is -0.474. The number of aromatic nitrogens is 1. The summed E-state index contributed by atoms with van der Waals surface area (Å²) >= 11 is 1.53. The molecule has 118 valence electrons. The molecule has 3 heterocycles. The SMILES string of the molecule is Cc1onc(-c2ccccc2)c1C1=NC(=Cc2cccs2)C(=O)O1. The zero-order valence-electron chi connectivity index (χ0n) is 12.7. The first-order chi connectivity index (χ1) is 11.7. The lowest BCUT2D eigenvalue weighted by Gasteiger charge is -2.01. The van der Waals surface area contributed by atoms with Gasteiger partial charge in [0.05, 0.1) is 0 Å². The Hall–Kier alpha value is -2.99. The van der Waals surface area contributed by atoms with Gasteiger partial charge in [0.1, 0.15) is 17.0 Å². The molecule has 0 N–H and O–H groups in total. The molecular formula is C18H12N2O3S. The van der Waals surface area contributed by atoms with Crippen molar-refractivity contribution in [2.45, 2.75) is 6.92 Å². The van der Waals surface area contributed by atoms with Crippen molar-refractivity contribution in [1.82, 2.24) is 5.16 Å². The van der Waals surface area contributed by atoms with Crippen LogP contribution in [0.15, 0.2) is 63.1 Å². The lowest BCUT2D eigenvalue weighted by atomic mass is 10.1. The molecule has 1 aliphatic rings. The van der Waals surface area contributed by atoms with E-state index in [0.717, 1.165) is 10.4 Å². The van der Waals surface area contributed by atoms with Gasteiger partial charge >= 0.3 is 5.97 Å². The molecule has 0 bridgehead atoms. The number of rotatable bonds is 3. The van der Waals surface area contributed by atoms with Crippen molar-refractivity contribution in [2.24, 2.45) is 4.99 Å². The normalized spacial score (nSPS) is 15.6. The average Bonchev–Trinajstić information content (AvgIpc) is 3.30. The van der Waals surface area contributed by atoms with Crippen molar-refractivity contribution >= 4 is 29.3 Å². The highest BCUT2D eigenvalue weighted by atomic mass is 32.1. The van der Waals surface area contributed by atoms with E-state index in [-0.39, 0.29) is 11.6 Å². The molecular weight excluding hydrogens is 324 g/mol. The largest absolute Gasteiger partial charge is 0.402 e. The number of thiophene rings is 1. The van der Waals surface area contributed by atoms with Crippen LogP contribution >= 0.6 is 11.3 Å². The summed E-state index contributed by atoms with van der Waals surface area (Å²) in [6, 6.07) is 13.4. The van der Waals surface area contributed by atoms with E-state index < -0.39 is 5.97 Å². The highest BCUT2D eigenvalue weighted by molar-refractivity contribution is 7.10. The third kappa shape index (κ3) is 2.57. The molecule has 6 heteroatoms. The van der Waals surface area contributed by atoms with Crippen molar-refractivity contribution in [3.63, 3.8) is 0 Å². The Kier molecular flexibility index (Phi) is 3.59. The second kappa shape index (κ2) is 5.90. The molecule has 0 amide bonds. The molecule has 2 aromatic heterocycles. The molecule has 3 aromatic rings. The number of aliphatic imine (C=N–C) groups is 1. The molecule has 0 saturated heterocycles. The molecule has 1 aromatic carbocycles. The molecule has 0 saturated carbocycles. The molecule has 0 aliphatic carbocycles. The number of cyclic esters (lactones) is 1. The summed E-state index contributed by atoms with van der Waals surface area (Å²) in [5.41, 5.74) is 2.35. The summed E-state index contributed by atoms with van der Waals surface area (Å²) in [4.78, 5) is 17.4. The smallest absolute Gasteiger partial charge is 0.363 e. The van der Waals surface area contributed by atoms with Gasteiger partial charge in [-0.15, -0.1) is 11.3 Å². The number of hydrogen-bond donors (Lipinski definition) is 0. The lowest BCUT2D eigenvalue weighted by molar-refractivity contribution is -0.129. The van der Waals surface area contributed by atoms with Gasteiger partial charge in [-0.1, -0.05) is 41.6 Å². The van der Waals surface area contributed by atoms with Gasteiger partial charge in [0.2, 0.25) is 5.90 Å². The molecule has 0 atom stereocenters. The number of hydrogen-bond acceptors (Lipinski definition) is 6. The number of benzene rings is 1. The summed E-state index contributed by atoms with van der Waals surface area (Å²) in [7, 11) is 0. The van der Waals surface area contributed by atoms with Crippen LogP contribution in [0.5, 0.6) is 0 Å². The van der Waals surface area contributed by atoms with Crippen LogP contribution in [-0.4, -0.2) is 17.0 Å². The van der Waals surface area contributed by atoms with E-state index in [2.05, 4.69) is 10.1 Å². The third-order valence-corrected chi connectivity index (χ3v) is 4.39. The van der Waals surface area contributed by atoms with Gasteiger partial charge in [0.15, 0.2) is 5.70 Å². The minimum Gasteiger partial charge on any atom is -0.402 e. The van der Waals surface area contributed by atoms with Crippen LogP contribution in [0.4, 0.5) is 0 Å². The highest BCUT2D eigenvalue weighted by Gasteiger charge is 2.30. The van der Waals surface area contributed by atoms with E-state index in [0.29, 0.717) is 17.0 Å². The Bertz CT molecular complexity index is 954. The number of aryl methyl sites for hydroxylation is 1. The maximum Gasteiger partial charge on any atom is 0.363 e. The second-order valence-corrected chi connectivity index (χ2v) is 6.16. The van der Waals surface area contributed by atoms with Gasteiger partial charge in [0, 0.05) is 10.4 Å². The topological polar surface area (TPSA) is 64.7 Å². The summed E-state index contributed by atoms with van der Waals surface area (Å²) in [6.07, 6.45) is 1.71.